The number of thiocarbonyl (C=S) groups is 1. The molecule has 0 atom stereocenters. The predicted octanol–water partition coefficient (Wildman–Crippen LogP) is 1.64. The molecule has 19 heavy (non-hydrogen) atoms. The van der Waals surface area contributed by atoms with Gasteiger partial charge >= 0.3 is 0 Å². The van der Waals surface area contributed by atoms with E-state index >= 15 is 0 Å². The van der Waals surface area contributed by atoms with Crippen molar-refractivity contribution in [3.63, 3.8) is 0 Å². The van der Waals surface area contributed by atoms with Gasteiger partial charge in [-0.3, -0.25) is 9.88 Å². The van der Waals surface area contributed by atoms with Gasteiger partial charge in [0.2, 0.25) is 0 Å². The van der Waals surface area contributed by atoms with Crippen molar-refractivity contribution < 1.29 is 0 Å². The minimum Gasteiger partial charge on any atom is -0.388 e. The van der Waals surface area contributed by atoms with Crippen LogP contribution in [0, 0.1) is 0 Å². The zero-order valence-corrected chi connectivity index (χ0v) is 12.7. The fraction of sp³-hybridized carbons (Fsp3) is 0.571. The summed E-state index contributed by atoms with van der Waals surface area (Å²) in [6, 6.07) is 4.00. The minimum atomic E-state index is 0.244. The third-order valence-corrected chi connectivity index (χ3v) is 3.80. The number of hydrogen-bond acceptors (Lipinski definition) is 4. The summed E-state index contributed by atoms with van der Waals surface area (Å²) in [7, 11) is 0. The lowest BCUT2D eigenvalue weighted by molar-refractivity contribution is 0.128. The highest BCUT2D eigenvalue weighted by Crippen LogP contribution is 2.20. The van der Waals surface area contributed by atoms with Gasteiger partial charge in [0.05, 0.1) is 5.69 Å². The first kappa shape index (κ1) is 14.2. The summed E-state index contributed by atoms with van der Waals surface area (Å²) in [6.07, 6.45) is 1.78. The molecule has 2 heterocycles. The van der Waals surface area contributed by atoms with Crippen LogP contribution in [0.4, 0.5) is 5.69 Å². The molecule has 0 saturated carbocycles. The maximum Gasteiger partial charge on any atom is 0.122 e. The summed E-state index contributed by atoms with van der Waals surface area (Å²) < 4.78 is 0. The summed E-state index contributed by atoms with van der Waals surface area (Å²) in [6.45, 7) is 11.0. The second-order valence-electron chi connectivity index (χ2n) is 5.91. The van der Waals surface area contributed by atoms with E-state index < -0.39 is 0 Å². The van der Waals surface area contributed by atoms with Crippen molar-refractivity contribution in [3.05, 3.63) is 24.0 Å². The fourth-order valence-electron chi connectivity index (χ4n) is 2.39. The van der Waals surface area contributed by atoms with Gasteiger partial charge in [-0.05, 0) is 32.9 Å². The van der Waals surface area contributed by atoms with Crippen LogP contribution >= 0.6 is 12.2 Å². The first-order chi connectivity index (χ1) is 8.88. The van der Waals surface area contributed by atoms with Gasteiger partial charge in [-0.2, -0.15) is 0 Å². The molecule has 0 aromatic carbocycles. The van der Waals surface area contributed by atoms with Gasteiger partial charge in [0, 0.05) is 43.6 Å². The molecule has 0 spiro atoms. The van der Waals surface area contributed by atoms with Crippen molar-refractivity contribution >= 4 is 22.9 Å². The lowest BCUT2D eigenvalue weighted by Crippen LogP contribution is -2.53. The summed E-state index contributed by atoms with van der Waals surface area (Å²) in [5, 5.41) is 0. The zero-order valence-electron chi connectivity index (χ0n) is 11.9. The van der Waals surface area contributed by atoms with E-state index in [1.54, 1.807) is 6.20 Å². The molecule has 2 rings (SSSR count). The second-order valence-corrected chi connectivity index (χ2v) is 6.35. The van der Waals surface area contributed by atoms with Crippen molar-refractivity contribution in [2.45, 2.75) is 26.3 Å². The molecule has 1 fully saturated rings. The van der Waals surface area contributed by atoms with E-state index in [4.69, 9.17) is 18.0 Å². The van der Waals surface area contributed by atoms with Crippen molar-refractivity contribution in [1.29, 1.82) is 0 Å². The van der Waals surface area contributed by atoms with Gasteiger partial charge in [0.25, 0.3) is 0 Å². The molecule has 0 amide bonds. The topological polar surface area (TPSA) is 45.4 Å². The number of nitrogens with two attached hydrogens (primary N) is 1. The maximum atomic E-state index is 5.63. The molecular weight excluding hydrogens is 256 g/mol. The van der Waals surface area contributed by atoms with Crippen LogP contribution in [0.25, 0.3) is 0 Å². The molecule has 0 unspecified atom stereocenters. The van der Waals surface area contributed by atoms with Crippen molar-refractivity contribution in [1.82, 2.24) is 9.88 Å². The number of hydrogen-bond donors (Lipinski definition) is 1. The highest BCUT2D eigenvalue weighted by atomic mass is 32.1. The highest BCUT2D eigenvalue weighted by molar-refractivity contribution is 7.80. The largest absolute Gasteiger partial charge is 0.388 e. The number of rotatable bonds is 2. The van der Waals surface area contributed by atoms with Gasteiger partial charge < -0.3 is 10.6 Å². The van der Waals surface area contributed by atoms with E-state index in [0.29, 0.717) is 10.7 Å². The molecule has 0 aliphatic carbocycles. The number of anilines is 1. The molecule has 104 valence electrons. The summed E-state index contributed by atoms with van der Waals surface area (Å²) in [5.41, 5.74) is 7.74. The fourth-order valence-corrected chi connectivity index (χ4v) is 2.50. The molecule has 5 heteroatoms. The van der Waals surface area contributed by atoms with Crippen molar-refractivity contribution in [2.24, 2.45) is 5.73 Å². The number of nitrogens with zero attached hydrogens (tertiary/aromatic N) is 3. The maximum absolute atomic E-state index is 5.63. The average Bonchev–Trinajstić information content (AvgIpc) is 2.38. The van der Waals surface area contributed by atoms with E-state index in [0.717, 1.165) is 31.9 Å². The van der Waals surface area contributed by atoms with E-state index in [2.05, 4.69) is 35.6 Å². The Hall–Kier alpha value is -1.20. The number of piperazine rings is 1. The van der Waals surface area contributed by atoms with Gasteiger partial charge in [-0.15, -0.1) is 0 Å². The molecule has 1 aromatic heterocycles. The van der Waals surface area contributed by atoms with Crippen LogP contribution in [0.15, 0.2) is 18.3 Å². The van der Waals surface area contributed by atoms with Gasteiger partial charge in [-0.25, -0.2) is 0 Å². The molecule has 1 aliphatic rings. The van der Waals surface area contributed by atoms with Crippen molar-refractivity contribution in [2.75, 3.05) is 31.1 Å². The first-order valence-electron chi connectivity index (χ1n) is 6.64. The third-order valence-electron chi connectivity index (χ3n) is 3.59. The quantitative estimate of drug-likeness (QED) is 0.833. The van der Waals surface area contributed by atoms with Crippen LogP contribution in [0.5, 0.6) is 0 Å². The van der Waals surface area contributed by atoms with Gasteiger partial charge in [0.15, 0.2) is 0 Å². The number of pyridine rings is 1. The molecular formula is C14H22N4S. The third kappa shape index (κ3) is 3.42. The van der Waals surface area contributed by atoms with Crippen LogP contribution in [0.1, 0.15) is 26.5 Å². The Kier molecular flexibility index (Phi) is 4.06. The monoisotopic (exact) mass is 278 g/mol. The zero-order chi connectivity index (χ0) is 14.0. The standard InChI is InChI=1S/C14H22N4S/c1-14(2,3)18-8-6-17(7-9-18)11-4-5-16-12(10-11)13(15)19/h4-5,10H,6-9H2,1-3H3,(H2,15,19). The summed E-state index contributed by atoms with van der Waals surface area (Å²) in [4.78, 5) is 9.42. The second kappa shape index (κ2) is 5.43. The van der Waals surface area contributed by atoms with Gasteiger partial charge in [0.1, 0.15) is 4.99 Å². The molecule has 2 N–H and O–H groups in total. The van der Waals surface area contributed by atoms with E-state index in [1.165, 1.54) is 0 Å². The minimum absolute atomic E-state index is 0.244. The van der Waals surface area contributed by atoms with Crippen LogP contribution in [-0.4, -0.2) is 46.6 Å². The van der Waals surface area contributed by atoms with Gasteiger partial charge in [-0.1, -0.05) is 12.2 Å². The predicted molar refractivity (Wildman–Crippen MR) is 83.7 cm³/mol. The average molecular weight is 278 g/mol. The lowest BCUT2D eigenvalue weighted by Gasteiger charge is -2.43. The molecule has 1 aliphatic heterocycles. The molecule has 0 bridgehead atoms. The Morgan fingerprint density at radius 1 is 1.26 bits per heavy atom. The van der Waals surface area contributed by atoms with E-state index in [1.807, 2.05) is 12.1 Å². The Morgan fingerprint density at radius 2 is 1.89 bits per heavy atom. The molecule has 1 saturated heterocycles. The Labute approximate surface area is 120 Å². The summed E-state index contributed by atoms with van der Waals surface area (Å²) >= 11 is 4.98. The van der Waals surface area contributed by atoms with Crippen molar-refractivity contribution in [3.8, 4) is 0 Å². The van der Waals surface area contributed by atoms with Crippen LogP contribution in [0.2, 0.25) is 0 Å². The SMILES string of the molecule is CC(C)(C)N1CCN(c2ccnc(C(N)=S)c2)CC1. The first-order valence-corrected chi connectivity index (χ1v) is 7.04. The molecule has 0 radical (unpaired) electrons. The van der Waals surface area contributed by atoms with Crippen LogP contribution in [-0.2, 0) is 0 Å². The van der Waals surface area contributed by atoms with E-state index in [-0.39, 0.29) is 5.54 Å². The molecule has 1 aromatic rings. The lowest BCUT2D eigenvalue weighted by atomic mass is 10.0. The van der Waals surface area contributed by atoms with Crippen LogP contribution < -0.4 is 10.6 Å². The Bertz CT molecular complexity index is 459. The van der Waals surface area contributed by atoms with Crippen LogP contribution in [0.3, 0.4) is 0 Å². The highest BCUT2D eigenvalue weighted by Gasteiger charge is 2.25. The number of aromatic nitrogens is 1. The van der Waals surface area contributed by atoms with E-state index in [9.17, 15) is 0 Å². The normalized spacial score (nSPS) is 17.5. The Balaban J connectivity index is 2.05. The molecule has 4 nitrogen and oxygen atoms in total. The summed E-state index contributed by atoms with van der Waals surface area (Å²) in [5.74, 6) is 0. The smallest absolute Gasteiger partial charge is 0.122 e. The Morgan fingerprint density at radius 3 is 2.42 bits per heavy atom.